The normalized spacial score (nSPS) is 24.5. The van der Waals surface area contributed by atoms with Crippen molar-refractivity contribution in [1.82, 2.24) is 24.7 Å². The molecule has 33 heavy (non-hydrogen) atoms. The van der Waals surface area contributed by atoms with Gasteiger partial charge in [0.05, 0.1) is 18.5 Å². The van der Waals surface area contributed by atoms with Gasteiger partial charge in [-0.25, -0.2) is 4.98 Å². The van der Waals surface area contributed by atoms with Crippen molar-refractivity contribution in [2.75, 3.05) is 33.8 Å². The number of thiazole rings is 1. The van der Waals surface area contributed by atoms with Crippen molar-refractivity contribution >= 4 is 23.3 Å². The summed E-state index contributed by atoms with van der Waals surface area (Å²) in [4.78, 5) is 35.5. The summed E-state index contributed by atoms with van der Waals surface area (Å²) < 4.78 is 1.81. The lowest BCUT2D eigenvalue weighted by Crippen LogP contribution is -2.46. The Labute approximate surface area is 198 Å². The molecule has 9 heteroatoms. The highest BCUT2D eigenvalue weighted by molar-refractivity contribution is 7.09. The maximum atomic E-state index is 13.4. The summed E-state index contributed by atoms with van der Waals surface area (Å²) in [7, 11) is 4.02. The first-order chi connectivity index (χ1) is 16.0. The zero-order valence-corrected chi connectivity index (χ0v) is 20.3. The highest BCUT2D eigenvalue weighted by Crippen LogP contribution is 2.49. The van der Waals surface area contributed by atoms with E-state index in [0.29, 0.717) is 25.2 Å². The van der Waals surface area contributed by atoms with Crippen molar-refractivity contribution in [1.29, 1.82) is 0 Å². The third-order valence-electron chi connectivity index (χ3n) is 6.73. The van der Waals surface area contributed by atoms with Gasteiger partial charge in [-0.15, -0.1) is 11.3 Å². The molecule has 0 radical (unpaired) electrons. The number of nitrogens with zero attached hydrogens (tertiary/aromatic N) is 4. The fourth-order valence-corrected chi connectivity index (χ4v) is 5.90. The molecule has 2 bridgehead atoms. The van der Waals surface area contributed by atoms with Gasteiger partial charge in [0, 0.05) is 54.5 Å². The van der Waals surface area contributed by atoms with Gasteiger partial charge in [-0.2, -0.15) is 0 Å². The van der Waals surface area contributed by atoms with Gasteiger partial charge in [-0.05, 0) is 46.1 Å². The lowest BCUT2D eigenvalue weighted by molar-refractivity contribution is -0.127. The zero-order chi connectivity index (χ0) is 23.5. The Bertz CT molecular complexity index is 1050. The number of pyridine rings is 1. The van der Waals surface area contributed by atoms with Crippen LogP contribution >= 0.6 is 11.3 Å². The molecule has 4 atom stereocenters. The van der Waals surface area contributed by atoms with Crippen LogP contribution in [-0.4, -0.2) is 70.2 Å². The number of nitrogens with one attached hydrogen (secondary N) is 1. The smallest absolute Gasteiger partial charge is 0.258 e. The van der Waals surface area contributed by atoms with Gasteiger partial charge >= 0.3 is 0 Å². The summed E-state index contributed by atoms with van der Waals surface area (Å²) in [6.07, 6.45) is 6.31. The van der Waals surface area contributed by atoms with Crippen LogP contribution in [-0.2, 0) is 17.9 Å². The summed E-state index contributed by atoms with van der Waals surface area (Å²) in [5.41, 5.74) is 1.43. The number of fused-ring (bicyclic) bond motifs is 4. The average molecular weight is 472 g/mol. The van der Waals surface area contributed by atoms with Crippen molar-refractivity contribution in [2.24, 2.45) is 11.8 Å². The van der Waals surface area contributed by atoms with Crippen LogP contribution in [0.3, 0.4) is 0 Å². The van der Waals surface area contributed by atoms with Gasteiger partial charge in [0.1, 0.15) is 5.01 Å². The molecule has 0 unspecified atom stereocenters. The van der Waals surface area contributed by atoms with Crippen molar-refractivity contribution in [3.63, 3.8) is 0 Å². The Morgan fingerprint density at radius 3 is 2.88 bits per heavy atom. The molecule has 8 nitrogen and oxygen atoms in total. The molecule has 2 aliphatic heterocycles. The number of allylic oxidation sites excluding steroid dienone is 1. The number of carbonyl (C=O) groups excluding carboxylic acids is 1. The van der Waals surface area contributed by atoms with Gasteiger partial charge in [0.2, 0.25) is 5.91 Å². The average Bonchev–Trinajstić information content (AvgIpc) is 3.37. The molecule has 2 N–H and O–H groups in total. The summed E-state index contributed by atoms with van der Waals surface area (Å²) >= 11 is 1.58. The van der Waals surface area contributed by atoms with E-state index in [1.807, 2.05) is 55.3 Å². The number of hydrogen-bond donors (Lipinski definition) is 2. The molecule has 0 spiro atoms. The molecule has 0 saturated carbocycles. The number of aliphatic hydroxyl groups is 1. The van der Waals surface area contributed by atoms with Gasteiger partial charge in [0.15, 0.2) is 0 Å². The van der Waals surface area contributed by atoms with Gasteiger partial charge in [0.25, 0.3) is 5.56 Å². The number of carbonyl (C=O) groups is 1. The molecule has 2 aliphatic rings. The second-order valence-corrected chi connectivity index (χ2v) is 10.0. The van der Waals surface area contributed by atoms with E-state index in [9.17, 15) is 14.7 Å². The molecule has 1 fully saturated rings. The minimum atomic E-state index is -0.431. The first-order valence-electron chi connectivity index (χ1n) is 11.5. The molecule has 2 aromatic rings. The zero-order valence-electron chi connectivity index (χ0n) is 19.5. The van der Waals surface area contributed by atoms with Crippen LogP contribution in [0.2, 0.25) is 0 Å². The minimum Gasteiger partial charge on any atom is -0.396 e. The number of aromatic nitrogens is 2. The quantitative estimate of drug-likeness (QED) is 0.540. The van der Waals surface area contributed by atoms with Gasteiger partial charge in [-0.1, -0.05) is 12.2 Å². The van der Waals surface area contributed by atoms with Crippen LogP contribution in [0.15, 0.2) is 34.6 Å². The molecular weight excluding hydrogens is 438 g/mol. The SMILES string of the molecule is C/C=C/c1ccc2n(c1=O)C[C@@H]1[C@@H](CO)[C@H](C(=O)NCCCN(C)C)[C@H]2N1Cc1nccs1. The van der Waals surface area contributed by atoms with Crippen molar-refractivity contribution in [3.05, 3.63) is 56.4 Å². The predicted molar refractivity (Wildman–Crippen MR) is 130 cm³/mol. The van der Waals surface area contributed by atoms with Crippen molar-refractivity contribution in [3.8, 4) is 0 Å². The predicted octanol–water partition coefficient (Wildman–Crippen LogP) is 1.57. The molecule has 2 aromatic heterocycles. The molecule has 0 aromatic carbocycles. The Morgan fingerprint density at radius 1 is 1.39 bits per heavy atom. The van der Waals surface area contributed by atoms with E-state index in [2.05, 4.69) is 20.1 Å². The van der Waals surface area contributed by atoms with E-state index in [0.717, 1.165) is 23.7 Å². The number of hydrogen-bond acceptors (Lipinski definition) is 7. The van der Waals surface area contributed by atoms with Crippen LogP contribution < -0.4 is 10.9 Å². The van der Waals surface area contributed by atoms with Gasteiger partial charge < -0.3 is 19.9 Å². The van der Waals surface area contributed by atoms with E-state index < -0.39 is 5.92 Å². The van der Waals surface area contributed by atoms with Crippen molar-refractivity contribution < 1.29 is 9.90 Å². The third-order valence-corrected chi connectivity index (χ3v) is 7.50. The summed E-state index contributed by atoms with van der Waals surface area (Å²) in [6.45, 7) is 4.32. The maximum Gasteiger partial charge on any atom is 0.258 e. The van der Waals surface area contributed by atoms with Crippen LogP contribution in [0, 0.1) is 11.8 Å². The van der Waals surface area contributed by atoms with Crippen LogP contribution in [0.25, 0.3) is 6.08 Å². The number of amides is 1. The van der Waals surface area contributed by atoms with Crippen molar-refractivity contribution in [2.45, 2.75) is 38.5 Å². The van der Waals surface area contributed by atoms with E-state index in [4.69, 9.17) is 0 Å². The minimum absolute atomic E-state index is 0.0433. The molecule has 0 aliphatic carbocycles. The summed E-state index contributed by atoms with van der Waals surface area (Å²) in [6, 6.07) is 3.41. The molecule has 4 rings (SSSR count). The molecule has 4 heterocycles. The maximum absolute atomic E-state index is 13.4. The standard InChI is InChI=1S/C24H33N5O3S/c1-4-6-16-7-8-18-22-21(23(31)26-9-5-11-27(2)3)17(15-30)19(13-29(18)24(16)32)28(22)14-20-25-10-12-33-20/h4,6-8,10,12,17,19,21-22,30H,5,9,11,13-15H2,1-3H3,(H,26,31)/b6-4+/t17-,19-,21+,22+/m1/s1. The Balaban J connectivity index is 1.70. The number of rotatable bonds is 9. The van der Waals surface area contributed by atoms with E-state index in [1.165, 1.54) is 0 Å². The first kappa shape index (κ1) is 23.8. The Morgan fingerprint density at radius 2 is 2.21 bits per heavy atom. The second-order valence-electron chi connectivity index (χ2n) is 9.06. The largest absolute Gasteiger partial charge is 0.396 e. The molecule has 178 valence electrons. The molecule has 1 amide bonds. The van der Waals surface area contributed by atoms with Crippen LogP contribution in [0.4, 0.5) is 0 Å². The Hall–Kier alpha value is -2.33. The topological polar surface area (TPSA) is 90.7 Å². The van der Waals surface area contributed by atoms with Crippen LogP contribution in [0.5, 0.6) is 0 Å². The lowest BCUT2D eigenvalue weighted by Gasteiger charge is -2.37. The lowest BCUT2D eigenvalue weighted by atomic mass is 9.86. The van der Waals surface area contributed by atoms with E-state index in [-0.39, 0.29) is 36.1 Å². The monoisotopic (exact) mass is 471 g/mol. The fraction of sp³-hybridized carbons (Fsp3) is 0.542. The summed E-state index contributed by atoms with van der Waals surface area (Å²) in [5.74, 6) is -0.740. The van der Waals surface area contributed by atoms with Crippen LogP contribution in [0.1, 0.15) is 35.7 Å². The van der Waals surface area contributed by atoms with E-state index in [1.54, 1.807) is 17.5 Å². The summed E-state index contributed by atoms with van der Waals surface area (Å²) in [5, 5.41) is 16.4. The second kappa shape index (κ2) is 10.3. The fourth-order valence-electron chi connectivity index (χ4n) is 5.28. The third kappa shape index (κ3) is 4.68. The molecular formula is C24H33N5O3S. The first-order valence-corrected chi connectivity index (χ1v) is 12.4. The number of aliphatic hydroxyl groups excluding tert-OH is 1. The van der Waals surface area contributed by atoms with Gasteiger partial charge in [-0.3, -0.25) is 14.5 Å². The highest BCUT2D eigenvalue weighted by atomic mass is 32.1. The van der Waals surface area contributed by atoms with E-state index >= 15 is 0 Å². The Kier molecular flexibility index (Phi) is 7.43. The molecule has 1 saturated heterocycles. The highest BCUT2D eigenvalue weighted by Gasteiger charge is 2.55.